The minimum atomic E-state index is 0.0220. The fourth-order valence-corrected chi connectivity index (χ4v) is 3.65. The van der Waals surface area contributed by atoms with Crippen LogP contribution in [-0.4, -0.2) is 52.1 Å². The van der Waals surface area contributed by atoms with Crippen LogP contribution < -0.4 is 0 Å². The molecule has 0 N–H and O–H groups in total. The predicted molar refractivity (Wildman–Crippen MR) is 112 cm³/mol. The van der Waals surface area contributed by atoms with Crippen molar-refractivity contribution in [2.75, 3.05) is 26.2 Å². The third-order valence-corrected chi connectivity index (χ3v) is 5.31. The van der Waals surface area contributed by atoms with Gasteiger partial charge in [0.25, 0.3) is 5.91 Å². The molecule has 0 radical (unpaired) electrons. The number of benzene rings is 2. The van der Waals surface area contributed by atoms with E-state index in [0.717, 1.165) is 31.6 Å². The smallest absolute Gasteiger partial charge is 0.253 e. The predicted octanol–water partition coefficient (Wildman–Crippen LogP) is 4.05. The van der Waals surface area contributed by atoms with Gasteiger partial charge in [-0.05, 0) is 43.7 Å². The fraction of sp³-hybridized carbons (Fsp3) is 0.318. The Labute approximate surface area is 175 Å². The van der Waals surface area contributed by atoms with E-state index in [-0.39, 0.29) is 5.91 Å². The van der Waals surface area contributed by atoms with Gasteiger partial charge >= 0.3 is 0 Å². The van der Waals surface area contributed by atoms with E-state index in [1.807, 2.05) is 42.2 Å². The third kappa shape index (κ3) is 4.83. The van der Waals surface area contributed by atoms with Gasteiger partial charge in [0, 0.05) is 42.3 Å². The molecule has 1 aliphatic heterocycles. The molecule has 0 bridgehead atoms. The Morgan fingerprint density at radius 2 is 1.90 bits per heavy atom. The number of nitrogens with zero attached hydrogens (tertiary/aromatic N) is 4. The highest BCUT2D eigenvalue weighted by Gasteiger charge is 2.22. The first kappa shape index (κ1) is 19.6. The monoisotopic (exact) mass is 410 g/mol. The largest absolute Gasteiger partial charge is 0.419 e. The van der Waals surface area contributed by atoms with Gasteiger partial charge in [-0.1, -0.05) is 35.4 Å². The van der Waals surface area contributed by atoms with Crippen LogP contribution in [0.2, 0.25) is 5.02 Å². The SMILES string of the molecule is Cc1ccc(-c2nnc(CN3CCCN(C(=O)c4cccc(Cl)c4)CC3)o2)cc1. The zero-order valence-electron chi connectivity index (χ0n) is 16.3. The summed E-state index contributed by atoms with van der Waals surface area (Å²) in [6, 6.07) is 15.1. The molecular formula is C22H23ClN4O2. The maximum absolute atomic E-state index is 12.8. The maximum Gasteiger partial charge on any atom is 0.253 e. The van der Waals surface area contributed by atoms with Gasteiger partial charge in [-0.15, -0.1) is 10.2 Å². The average molecular weight is 411 g/mol. The fourth-order valence-electron chi connectivity index (χ4n) is 3.46. The first-order chi connectivity index (χ1) is 14.1. The van der Waals surface area contributed by atoms with Gasteiger partial charge in [0.15, 0.2) is 0 Å². The van der Waals surface area contributed by atoms with Crippen molar-refractivity contribution in [3.63, 3.8) is 0 Å². The third-order valence-electron chi connectivity index (χ3n) is 5.07. The summed E-state index contributed by atoms with van der Waals surface area (Å²) in [5.41, 5.74) is 2.74. The Morgan fingerprint density at radius 1 is 1.07 bits per heavy atom. The van der Waals surface area contributed by atoms with Gasteiger partial charge in [-0.2, -0.15) is 0 Å². The molecule has 4 rings (SSSR count). The highest BCUT2D eigenvalue weighted by Crippen LogP contribution is 2.20. The van der Waals surface area contributed by atoms with Crippen LogP contribution in [-0.2, 0) is 6.54 Å². The standard InChI is InChI=1S/C22H23ClN4O2/c1-16-6-8-17(9-7-16)21-25-24-20(29-21)15-26-10-3-11-27(13-12-26)22(28)18-4-2-5-19(23)14-18/h2,4-9,14H,3,10-13,15H2,1H3. The summed E-state index contributed by atoms with van der Waals surface area (Å²) in [5.74, 6) is 1.15. The molecule has 3 aromatic rings. The quantitative estimate of drug-likeness (QED) is 0.649. The molecule has 0 unspecified atom stereocenters. The van der Waals surface area contributed by atoms with Gasteiger partial charge in [0.05, 0.1) is 6.54 Å². The number of hydrogen-bond donors (Lipinski definition) is 0. The summed E-state index contributed by atoms with van der Waals surface area (Å²) >= 11 is 6.03. The Bertz CT molecular complexity index is 986. The number of carbonyl (C=O) groups excluding carboxylic acids is 1. The molecule has 1 aromatic heterocycles. The van der Waals surface area contributed by atoms with Crippen LogP contribution >= 0.6 is 11.6 Å². The van der Waals surface area contributed by atoms with Crippen LogP contribution in [0.15, 0.2) is 52.9 Å². The molecule has 29 heavy (non-hydrogen) atoms. The topological polar surface area (TPSA) is 62.5 Å². The molecular weight excluding hydrogens is 388 g/mol. The Morgan fingerprint density at radius 3 is 2.69 bits per heavy atom. The highest BCUT2D eigenvalue weighted by atomic mass is 35.5. The van der Waals surface area contributed by atoms with Crippen molar-refractivity contribution in [2.45, 2.75) is 19.9 Å². The van der Waals surface area contributed by atoms with E-state index in [1.54, 1.807) is 18.2 Å². The van der Waals surface area contributed by atoms with Gasteiger partial charge in [0.1, 0.15) is 0 Å². The van der Waals surface area contributed by atoms with Crippen LogP contribution in [0.1, 0.15) is 28.2 Å². The highest BCUT2D eigenvalue weighted by molar-refractivity contribution is 6.30. The van der Waals surface area contributed by atoms with E-state index in [2.05, 4.69) is 15.1 Å². The van der Waals surface area contributed by atoms with Crippen molar-refractivity contribution in [3.8, 4) is 11.5 Å². The first-order valence-electron chi connectivity index (χ1n) is 9.75. The molecule has 0 spiro atoms. The second kappa shape index (κ2) is 8.76. The molecule has 2 aromatic carbocycles. The van der Waals surface area contributed by atoms with Crippen molar-refractivity contribution in [3.05, 3.63) is 70.6 Å². The molecule has 6 nitrogen and oxygen atoms in total. The Balaban J connectivity index is 1.37. The zero-order valence-corrected chi connectivity index (χ0v) is 17.1. The van der Waals surface area contributed by atoms with Gasteiger partial charge in [-0.3, -0.25) is 9.69 Å². The van der Waals surface area contributed by atoms with E-state index in [0.29, 0.717) is 35.5 Å². The van der Waals surface area contributed by atoms with Crippen molar-refractivity contribution >= 4 is 17.5 Å². The first-order valence-corrected chi connectivity index (χ1v) is 10.1. The molecule has 2 heterocycles. The van der Waals surface area contributed by atoms with Gasteiger partial charge in [0.2, 0.25) is 11.8 Å². The molecule has 7 heteroatoms. The lowest BCUT2D eigenvalue weighted by Crippen LogP contribution is -2.35. The van der Waals surface area contributed by atoms with Crippen LogP contribution in [0.3, 0.4) is 0 Å². The lowest BCUT2D eigenvalue weighted by atomic mass is 10.1. The van der Waals surface area contributed by atoms with Crippen molar-refractivity contribution < 1.29 is 9.21 Å². The summed E-state index contributed by atoms with van der Waals surface area (Å²) in [6.07, 6.45) is 0.894. The minimum Gasteiger partial charge on any atom is -0.419 e. The number of rotatable bonds is 4. The van der Waals surface area contributed by atoms with Crippen LogP contribution in [0.4, 0.5) is 0 Å². The second-order valence-electron chi connectivity index (χ2n) is 7.30. The number of halogens is 1. The molecule has 1 amide bonds. The van der Waals surface area contributed by atoms with E-state index in [9.17, 15) is 4.79 Å². The number of amides is 1. The Kier molecular flexibility index (Phi) is 5.92. The van der Waals surface area contributed by atoms with E-state index in [1.165, 1.54) is 5.56 Å². The summed E-state index contributed by atoms with van der Waals surface area (Å²) in [7, 11) is 0. The van der Waals surface area contributed by atoms with E-state index < -0.39 is 0 Å². The average Bonchev–Trinajstić information content (AvgIpc) is 3.06. The van der Waals surface area contributed by atoms with Crippen molar-refractivity contribution in [1.82, 2.24) is 20.0 Å². The molecule has 1 saturated heterocycles. The lowest BCUT2D eigenvalue weighted by molar-refractivity contribution is 0.0760. The van der Waals surface area contributed by atoms with Crippen molar-refractivity contribution in [2.24, 2.45) is 0 Å². The summed E-state index contributed by atoms with van der Waals surface area (Å²) in [5, 5.41) is 8.95. The van der Waals surface area contributed by atoms with E-state index >= 15 is 0 Å². The van der Waals surface area contributed by atoms with Crippen molar-refractivity contribution in [1.29, 1.82) is 0 Å². The molecule has 0 saturated carbocycles. The number of hydrogen-bond acceptors (Lipinski definition) is 5. The van der Waals surface area contributed by atoms with Gasteiger partial charge < -0.3 is 9.32 Å². The Hall–Kier alpha value is -2.70. The van der Waals surface area contributed by atoms with E-state index in [4.69, 9.17) is 16.0 Å². The number of aromatic nitrogens is 2. The lowest BCUT2D eigenvalue weighted by Gasteiger charge is -2.21. The van der Waals surface area contributed by atoms with Crippen LogP contribution in [0, 0.1) is 6.92 Å². The van der Waals surface area contributed by atoms with Gasteiger partial charge in [-0.25, -0.2) is 0 Å². The summed E-state index contributed by atoms with van der Waals surface area (Å²) in [6.45, 7) is 5.64. The van der Waals surface area contributed by atoms with Crippen LogP contribution in [0.25, 0.3) is 11.5 Å². The summed E-state index contributed by atoms with van der Waals surface area (Å²) in [4.78, 5) is 16.9. The molecule has 0 atom stereocenters. The minimum absolute atomic E-state index is 0.0220. The number of aryl methyl sites for hydroxylation is 1. The van der Waals surface area contributed by atoms with Crippen LogP contribution in [0.5, 0.6) is 0 Å². The molecule has 150 valence electrons. The summed E-state index contributed by atoms with van der Waals surface area (Å²) < 4.78 is 5.85. The number of carbonyl (C=O) groups is 1. The molecule has 1 aliphatic rings. The molecule has 0 aliphatic carbocycles. The maximum atomic E-state index is 12.8. The molecule has 1 fully saturated rings. The second-order valence-corrected chi connectivity index (χ2v) is 7.74. The normalized spacial score (nSPS) is 15.3. The zero-order chi connectivity index (χ0) is 20.2.